The lowest BCUT2D eigenvalue weighted by atomic mass is 9.98. The maximum atomic E-state index is 12.7. The molecule has 1 aromatic carbocycles. The predicted molar refractivity (Wildman–Crippen MR) is 84.3 cm³/mol. The highest BCUT2D eigenvalue weighted by Crippen LogP contribution is 2.40. The lowest BCUT2D eigenvalue weighted by Crippen LogP contribution is -2.46. The van der Waals surface area contributed by atoms with Gasteiger partial charge in [-0.3, -0.25) is 4.79 Å². The average Bonchev–Trinajstić information content (AvgIpc) is 2.51. The second kappa shape index (κ2) is 6.19. The Kier molecular flexibility index (Phi) is 4.32. The summed E-state index contributed by atoms with van der Waals surface area (Å²) in [6, 6.07) is 8.32. The number of rotatable bonds is 3. The van der Waals surface area contributed by atoms with Gasteiger partial charge in [0.15, 0.2) is 0 Å². The first kappa shape index (κ1) is 14.0. The van der Waals surface area contributed by atoms with Crippen molar-refractivity contribution in [3.63, 3.8) is 0 Å². The maximum Gasteiger partial charge on any atom is 0.240 e. The molecule has 0 spiro atoms. The van der Waals surface area contributed by atoms with Gasteiger partial charge >= 0.3 is 0 Å². The molecule has 108 valence electrons. The van der Waals surface area contributed by atoms with Crippen molar-refractivity contribution in [3.8, 4) is 0 Å². The fourth-order valence-electron chi connectivity index (χ4n) is 3.06. The molecule has 1 fully saturated rings. The Labute approximate surface area is 125 Å². The Morgan fingerprint density at radius 3 is 3.00 bits per heavy atom. The van der Waals surface area contributed by atoms with Crippen molar-refractivity contribution in [2.75, 3.05) is 24.5 Å². The first-order chi connectivity index (χ1) is 9.79. The Morgan fingerprint density at radius 2 is 2.25 bits per heavy atom. The molecule has 0 bridgehead atoms. The van der Waals surface area contributed by atoms with Gasteiger partial charge in [-0.15, -0.1) is 11.8 Å². The number of para-hydroxylation sites is 1. The molecule has 4 heteroatoms. The molecule has 0 saturated carbocycles. The van der Waals surface area contributed by atoms with Crippen LogP contribution in [0.2, 0.25) is 0 Å². The standard InChI is InChI=1S/C16H22N2OS/c1-2-14-16(19)18(11-12-6-5-9-17-10-12)13-7-3-4-8-15(13)20-14/h3-4,7-8,12,14,17H,2,5-6,9-11H2,1H3. The third kappa shape index (κ3) is 2.72. The average molecular weight is 290 g/mol. The van der Waals surface area contributed by atoms with Gasteiger partial charge in [-0.25, -0.2) is 0 Å². The SMILES string of the molecule is CCC1Sc2ccccc2N(CC2CCCNC2)C1=O. The van der Waals surface area contributed by atoms with Crippen LogP contribution >= 0.6 is 11.8 Å². The lowest BCUT2D eigenvalue weighted by Gasteiger charge is -2.36. The lowest BCUT2D eigenvalue weighted by molar-refractivity contribution is -0.118. The Bertz CT molecular complexity index is 485. The maximum absolute atomic E-state index is 12.7. The number of carbonyl (C=O) groups is 1. The molecule has 0 aromatic heterocycles. The van der Waals surface area contributed by atoms with Crippen LogP contribution in [-0.4, -0.2) is 30.8 Å². The van der Waals surface area contributed by atoms with Crippen molar-refractivity contribution in [2.24, 2.45) is 5.92 Å². The third-order valence-corrected chi connectivity index (χ3v) is 5.60. The van der Waals surface area contributed by atoms with E-state index in [1.165, 1.54) is 17.7 Å². The molecular formula is C16H22N2OS. The van der Waals surface area contributed by atoms with E-state index >= 15 is 0 Å². The number of amides is 1. The van der Waals surface area contributed by atoms with E-state index in [2.05, 4.69) is 30.4 Å². The summed E-state index contributed by atoms with van der Waals surface area (Å²) < 4.78 is 0. The number of hydrogen-bond donors (Lipinski definition) is 1. The van der Waals surface area contributed by atoms with Gasteiger partial charge in [-0.2, -0.15) is 0 Å². The molecule has 2 atom stereocenters. The number of benzene rings is 1. The van der Waals surface area contributed by atoms with E-state index in [9.17, 15) is 4.79 Å². The van der Waals surface area contributed by atoms with E-state index in [0.717, 1.165) is 31.7 Å². The van der Waals surface area contributed by atoms with E-state index in [0.29, 0.717) is 11.8 Å². The molecule has 2 heterocycles. The molecule has 3 nitrogen and oxygen atoms in total. The number of piperidine rings is 1. The highest BCUT2D eigenvalue weighted by atomic mass is 32.2. The highest BCUT2D eigenvalue weighted by molar-refractivity contribution is 8.01. The van der Waals surface area contributed by atoms with Crippen LogP contribution in [0.1, 0.15) is 26.2 Å². The second-order valence-corrected chi connectivity index (χ2v) is 6.89. The van der Waals surface area contributed by atoms with Gasteiger partial charge in [0.2, 0.25) is 5.91 Å². The van der Waals surface area contributed by atoms with Crippen molar-refractivity contribution in [2.45, 2.75) is 36.3 Å². The van der Waals surface area contributed by atoms with Gasteiger partial charge in [0, 0.05) is 11.4 Å². The summed E-state index contributed by atoms with van der Waals surface area (Å²) in [5.74, 6) is 0.878. The molecule has 1 amide bonds. The van der Waals surface area contributed by atoms with Crippen molar-refractivity contribution in [1.82, 2.24) is 5.32 Å². The van der Waals surface area contributed by atoms with Crippen molar-refractivity contribution in [1.29, 1.82) is 0 Å². The molecule has 1 saturated heterocycles. The predicted octanol–water partition coefficient (Wildman–Crippen LogP) is 2.90. The number of hydrogen-bond acceptors (Lipinski definition) is 3. The number of fused-ring (bicyclic) bond motifs is 1. The smallest absolute Gasteiger partial charge is 0.240 e. The number of nitrogens with zero attached hydrogens (tertiary/aromatic N) is 1. The molecule has 20 heavy (non-hydrogen) atoms. The monoisotopic (exact) mass is 290 g/mol. The van der Waals surface area contributed by atoms with Crippen molar-refractivity contribution < 1.29 is 4.79 Å². The van der Waals surface area contributed by atoms with Crippen molar-refractivity contribution >= 4 is 23.4 Å². The van der Waals surface area contributed by atoms with Crippen LogP contribution < -0.4 is 10.2 Å². The van der Waals surface area contributed by atoms with Gasteiger partial charge in [-0.05, 0) is 50.4 Å². The fraction of sp³-hybridized carbons (Fsp3) is 0.562. The minimum atomic E-state index is 0.0847. The zero-order valence-corrected chi connectivity index (χ0v) is 12.8. The topological polar surface area (TPSA) is 32.3 Å². The summed E-state index contributed by atoms with van der Waals surface area (Å²) in [5.41, 5.74) is 1.11. The molecule has 2 aliphatic rings. The van der Waals surface area contributed by atoms with Crippen LogP contribution in [0.4, 0.5) is 5.69 Å². The first-order valence-electron chi connectivity index (χ1n) is 7.57. The Balaban J connectivity index is 1.84. The molecule has 0 radical (unpaired) electrons. The van der Waals surface area contributed by atoms with E-state index in [1.54, 1.807) is 11.8 Å². The summed E-state index contributed by atoms with van der Waals surface area (Å²) in [7, 11) is 0. The highest BCUT2D eigenvalue weighted by Gasteiger charge is 2.33. The molecule has 2 unspecified atom stereocenters. The van der Waals surface area contributed by atoms with Crippen LogP contribution in [0.3, 0.4) is 0 Å². The van der Waals surface area contributed by atoms with Crippen LogP contribution in [0.25, 0.3) is 0 Å². The Morgan fingerprint density at radius 1 is 1.40 bits per heavy atom. The molecule has 2 aliphatic heterocycles. The largest absolute Gasteiger partial charge is 0.316 e. The molecule has 1 N–H and O–H groups in total. The summed E-state index contributed by atoms with van der Waals surface area (Å²) in [6.07, 6.45) is 3.35. The normalized spacial score (nSPS) is 26.4. The van der Waals surface area contributed by atoms with Crippen LogP contribution in [0.15, 0.2) is 29.2 Å². The van der Waals surface area contributed by atoms with E-state index in [1.807, 2.05) is 11.0 Å². The van der Waals surface area contributed by atoms with E-state index < -0.39 is 0 Å². The molecule has 3 rings (SSSR count). The molecule has 0 aliphatic carbocycles. The van der Waals surface area contributed by atoms with Gasteiger partial charge < -0.3 is 10.2 Å². The van der Waals surface area contributed by atoms with Gasteiger partial charge in [0.05, 0.1) is 10.9 Å². The van der Waals surface area contributed by atoms with Gasteiger partial charge in [0.25, 0.3) is 0 Å². The van der Waals surface area contributed by atoms with Crippen LogP contribution in [-0.2, 0) is 4.79 Å². The number of anilines is 1. The van der Waals surface area contributed by atoms with Gasteiger partial charge in [-0.1, -0.05) is 19.1 Å². The third-order valence-electron chi connectivity index (χ3n) is 4.18. The summed E-state index contributed by atoms with van der Waals surface area (Å²) in [6.45, 7) is 5.12. The quantitative estimate of drug-likeness (QED) is 0.929. The van der Waals surface area contributed by atoms with Crippen LogP contribution in [0.5, 0.6) is 0 Å². The minimum absolute atomic E-state index is 0.0847. The fourth-order valence-corrected chi connectivity index (χ4v) is 4.22. The van der Waals surface area contributed by atoms with E-state index in [4.69, 9.17) is 0 Å². The number of thioether (sulfide) groups is 1. The zero-order chi connectivity index (χ0) is 13.9. The zero-order valence-electron chi connectivity index (χ0n) is 12.0. The first-order valence-corrected chi connectivity index (χ1v) is 8.45. The summed E-state index contributed by atoms with van der Waals surface area (Å²) in [5, 5.41) is 3.53. The summed E-state index contributed by atoms with van der Waals surface area (Å²) in [4.78, 5) is 16.0. The number of nitrogens with one attached hydrogen (secondary N) is 1. The molecule has 1 aromatic rings. The van der Waals surface area contributed by atoms with E-state index in [-0.39, 0.29) is 5.25 Å². The van der Waals surface area contributed by atoms with Crippen molar-refractivity contribution in [3.05, 3.63) is 24.3 Å². The van der Waals surface area contributed by atoms with Gasteiger partial charge in [0.1, 0.15) is 0 Å². The molecular weight excluding hydrogens is 268 g/mol. The summed E-state index contributed by atoms with van der Waals surface area (Å²) >= 11 is 1.72. The number of carbonyl (C=O) groups excluding carboxylic acids is 1. The minimum Gasteiger partial charge on any atom is -0.316 e. The Hall–Kier alpha value is -1.00. The second-order valence-electron chi connectivity index (χ2n) is 5.64. The van der Waals surface area contributed by atoms with Crippen LogP contribution in [0, 0.1) is 5.92 Å².